The number of hydrogen-bond donors (Lipinski definition) is 1. The molecule has 3 aromatic rings. The molecule has 1 saturated heterocycles. The Labute approximate surface area is 176 Å². The highest BCUT2D eigenvalue weighted by molar-refractivity contribution is 7.91. The molecule has 1 aliphatic heterocycles. The monoisotopic (exact) mass is 449 g/mol. The fraction of sp³-hybridized carbons (Fsp3) is 0.250. The number of fused-ring (bicyclic) bond motifs is 1. The molecule has 0 saturated carbocycles. The minimum absolute atomic E-state index is 0.0520. The van der Waals surface area contributed by atoms with Gasteiger partial charge in [-0.15, -0.1) is 0 Å². The van der Waals surface area contributed by atoms with Crippen LogP contribution in [0.25, 0.3) is 10.9 Å². The highest BCUT2D eigenvalue weighted by atomic mass is 35.5. The summed E-state index contributed by atoms with van der Waals surface area (Å²) in [6, 6.07) is 6.36. The van der Waals surface area contributed by atoms with Gasteiger partial charge in [-0.05, 0) is 36.8 Å². The van der Waals surface area contributed by atoms with Gasteiger partial charge in [0.05, 0.1) is 17.0 Å². The van der Waals surface area contributed by atoms with Gasteiger partial charge >= 0.3 is 0 Å². The molecule has 0 aliphatic carbocycles. The van der Waals surface area contributed by atoms with Crippen LogP contribution in [-0.2, 0) is 21.2 Å². The molecule has 30 heavy (non-hydrogen) atoms. The van der Waals surface area contributed by atoms with Crippen LogP contribution in [0.4, 0.5) is 4.39 Å². The molecule has 7 nitrogen and oxygen atoms in total. The average molecular weight is 450 g/mol. The molecule has 1 fully saturated rings. The van der Waals surface area contributed by atoms with Gasteiger partial charge in [0.15, 0.2) is 20.8 Å². The van der Waals surface area contributed by atoms with Crippen molar-refractivity contribution >= 4 is 44.0 Å². The molecule has 2 aromatic heterocycles. The van der Waals surface area contributed by atoms with Crippen molar-refractivity contribution in [1.29, 1.82) is 0 Å². The third kappa shape index (κ3) is 4.08. The van der Waals surface area contributed by atoms with Crippen molar-refractivity contribution in [3.8, 4) is 0 Å². The highest BCUT2D eigenvalue weighted by Crippen LogP contribution is 2.28. The third-order valence-electron chi connectivity index (χ3n) is 5.00. The van der Waals surface area contributed by atoms with Crippen molar-refractivity contribution in [3.63, 3.8) is 0 Å². The first-order valence-corrected chi connectivity index (χ1v) is 11.4. The number of carbonyl (C=O) groups is 2. The van der Waals surface area contributed by atoms with Gasteiger partial charge in [0.1, 0.15) is 12.4 Å². The SMILES string of the molecule is O=C(Cn1cc(C(=O)c2ccc(F)cc2)c2ccnc(Cl)c21)N[C@@H]1CCS(=O)(=O)C1. The summed E-state index contributed by atoms with van der Waals surface area (Å²) in [6.45, 7) is -0.158. The first-order chi connectivity index (χ1) is 14.2. The lowest BCUT2D eigenvalue weighted by Crippen LogP contribution is -2.37. The predicted molar refractivity (Wildman–Crippen MR) is 110 cm³/mol. The molecule has 4 rings (SSSR count). The molecule has 1 atom stereocenters. The Morgan fingerprint density at radius 2 is 1.97 bits per heavy atom. The van der Waals surface area contributed by atoms with E-state index in [4.69, 9.17) is 11.6 Å². The Morgan fingerprint density at radius 3 is 2.63 bits per heavy atom. The molecule has 0 radical (unpaired) electrons. The number of nitrogens with one attached hydrogen (secondary N) is 1. The Kier molecular flexibility index (Phi) is 5.33. The molecular weight excluding hydrogens is 433 g/mol. The molecular formula is C20H17ClFN3O4S. The quantitative estimate of drug-likeness (QED) is 0.476. The molecule has 10 heteroatoms. The second-order valence-corrected chi connectivity index (χ2v) is 9.76. The zero-order valence-corrected chi connectivity index (χ0v) is 17.2. The van der Waals surface area contributed by atoms with Crippen molar-refractivity contribution < 1.29 is 22.4 Å². The Balaban J connectivity index is 1.64. The number of hydrogen-bond acceptors (Lipinski definition) is 5. The van der Waals surface area contributed by atoms with Crippen LogP contribution in [0.15, 0.2) is 42.7 Å². The summed E-state index contributed by atoms with van der Waals surface area (Å²) in [5.41, 5.74) is 1.01. The summed E-state index contributed by atoms with van der Waals surface area (Å²) < 4.78 is 37.9. The largest absolute Gasteiger partial charge is 0.351 e. The van der Waals surface area contributed by atoms with E-state index in [0.29, 0.717) is 28.5 Å². The van der Waals surface area contributed by atoms with Crippen molar-refractivity contribution in [2.45, 2.75) is 19.0 Å². The molecule has 1 amide bonds. The molecule has 0 bridgehead atoms. The van der Waals surface area contributed by atoms with Gasteiger partial charge in [-0.3, -0.25) is 9.59 Å². The number of nitrogens with zero attached hydrogens (tertiary/aromatic N) is 2. The maximum absolute atomic E-state index is 13.2. The van der Waals surface area contributed by atoms with E-state index in [-0.39, 0.29) is 29.0 Å². The zero-order chi connectivity index (χ0) is 21.5. The van der Waals surface area contributed by atoms with Gasteiger partial charge in [0.2, 0.25) is 5.91 Å². The molecule has 156 valence electrons. The standard InChI is InChI=1S/C20H17ClFN3O4S/c21-20-18-15(5-7-23-20)16(19(27)12-1-3-13(22)4-2-12)9-25(18)10-17(26)24-14-6-8-30(28,29)11-14/h1-5,7,9,14H,6,8,10-11H2,(H,24,26)/t14-/m1/s1. The van der Waals surface area contributed by atoms with E-state index in [1.807, 2.05) is 0 Å². The molecule has 1 N–H and O–H groups in total. The zero-order valence-electron chi connectivity index (χ0n) is 15.6. The second-order valence-electron chi connectivity index (χ2n) is 7.17. The van der Waals surface area contributed by atoms with Crippen molar-refractivity contribution in [2.75, 3.05) is 11.5 Å². The lowest BCUT2D eigenvalue weighted by Gasteiger charge is -2.12. The van der Waals surface area contributed by atoms with E-state index in [0.717, 1.165) is 0 Å². The van der Waals surface area contributed by atoms with Crippen LogP contribution in [0, 0.1) is 5.82 Å². The highest BCUT2D eigenvalue weighted by Gasteiger charge is 2.29. The topological polar surface area (TPSA) is 98.1 Å². The Bertz CT molecular complexity index is 1260. The summed E-state index contributed by atoms with van der Waals surface area (Å²) in [4.78, 5) is 29.5. The normalized spacial score (nSPS) is 17.9. The Morgan fingerprint density at radius 1 is 1.23 bits per heavy atom. The number of rotatable bonds is 5. The number of carbonyl (C=O) groups excluding carboxylic acids is 2. The molecule has 0 unspecified atom stereocenters. The summed E-state index contributed by atoms with van der Waals surface area (Å²) in [7, 11) is -3.12. The fourth-order valence-corrected chi connectivity index (χ4v) is 5.55. The van der Waals surface area contributed by atoms with E-state index < -0.39 is 27.6 Å². The van der Waals surface area contributed by atoms with E-state index in [2.05, 4.69) is 10.3 Å². The molecule has 3 heterocycles. The van der Waals surface area contributed by atoms with Gasteiger partial charge in [-0.25, -0.2) is 17.8 Å². The van der Waals surface area contributed by atoms with E-state index in [1.165, 1.54) is 41.2 Å². The number of aromatic nitrogens is 2. The van der Waals surface area contributed by atoms with Gasteiger partial charge in [-0.2, -0.15) is 0 Å². The lowest BCUT2D eigenvalue weighted by atomic mass is 10.0. The van der Waals surface area contributed by atoms with E-state index in [9.17, 15) is 22.4 Å². The van der Waals surface area contributed by atoms with Gasteiger partial charge in [-0.1, -0.05) is 11.6 Å². The summed E-state index contributed by atoms with van der Waals surface area (Å²) in [5.74, 6) is -1.22. The average Bonchev–Trinajstić information content (AvgIpc) is 3.22. The smallest absolute Gasteiger partial charge is 0.240 e. The maximum atomic E-state index is 13.2. The van der Waals surface area contributed by atoms with E-state index >= 15 is 0 Å². The summed E-state index contributed by atoms with van der Waals surface area (Å²) in [6.07, 6.45) is 3.34. The van der Waals surface area contributed by atoms with Crippen LogP contribution < -0.4 is 5.32 Å². The van der Waals surface area contributed by atoms with Crippen LogP contribution in [0.2, 0.25) is 5.15 Å². The van der Waals surface area contributed by atoms with Crippen molar-refractivity contribution in [1.82, 2.24) is 14.9 Å². The number of benzene rings is 1. The van der Waals surface area contributed by atoms with Crippen LogP contribution in [0.1, 0.15) is 22.3 Å². The van der Waals surface area contributed by atoms with Gasteiger partial charge < -0.3 is 9.88 Å². The molecule has 1 aliphatic rings. The third-order valence-corrected chi connectivity index (χ3v) is 7.05. The van der Waals surface area contributed by atoms with Crippen molar-refractivity contribution in [2.24, 2.45) is 0 Å². The van der Waals surface area contributed by atoms with Crippen LogP contribution >= 0.6 is 11.6 Å². The summed E-state index contributed by atoms with van der Waals surface area (Å²) >= 11 is 6.23. The number of ketones is 1. The minimum Gasteiger partial charge on any atom is -0.351 e. The van der Waals surface area contributed by atoms with E-state index in [1.54, 1.807) is 6.07 Å². The number of halogens is 2. The van der Waals surface area contributed by atoms with Gasteiger partial charge in [0.25, 0.3) is 0 Å². The first kappa shape index (κ1) is 20.5. The lowest BCUT2D eigenvalue weighted by molar-refractivity contribution is -0.122. The van der Waals surface area contributed by atoms with Gasteiger partial charge in [0, 0.05) is 34.9 Å². The number of amides is 1. The second kappa shape index (κ2) is 7.81. The molecule has 0 spiro atoms. The summed E-state index contributed by atoms with van der Waals surface area (Å²) in [5, 5.41) is 3.36. The number of pyridine rings is 1. The van der Waals surface area contributed by atoms with Crippen molar-refractivity contribution in [3.05, 3.63) is 64.8 Å². The van der Waals surface area contributed by atoms with Crippen LogP contribution in [0.5, 0.6) is 0 Å². The Hall–Kier alpha value is -2.78. The minimum atomic E-state index is -3.12. The predicted octanol–water partition coefficient (Wildman–Crippen LogP) is 2.36. The van der Waals surface area contributed by atoms with Crippen LogP contribution in [0.3, 0.4) is 0 Å². The molecule has 1 aromatic carbocycles. The fourth-order valence-electron chi connectivity index (χ4n) is 3.61. The maximum Gasteiger partial charge on any atom is 0.240 e. The van der Waals surface area contributed by atoms with Crippen LogP contribution in [-0.4, -0.2) is 47.2 Å². The number of sulfone groups is 1. The first-order valence-electron chi connectivity index (χ1n) is 9.17.